The average molecular weight is 354 g/mol. The van der Waals surface area contributed by atoms with Crippen LogP contribution in [0.25, 0.3) is 0 Å². The van der Waals surface area contributed by atoms with Crippen LogP contribution >= 0.6 is 0 Å². The van der Waals surface area contributed by atoms with Gasteiger partial charge in [0.2, 0.25) is 11.8 Å². The number of hydrogen-bond acceptors (Lipinski definition) is 4. The Morgan fingerprint density at radius 2 is 1.92 bits per heavy atom. The lowest BCUT2D eigenvalue weighted by Gasteiger charge is -2.18. The fourth-order valence-electron chi connectivity index (χ4n) is 1.94. The number of halogens is 1. The van der Waals surface area contributed by atoms with E-state index < -0.39 is 29.2 Å². The summed E-state index contributed by atoms with van der Waals surface area (Å²) in [7, 11) is 1.29. The van der Waals surface area contributed by atoms with E-state index in [9.17, 15) is 23.9 Å². The quantitative estimate of drug-likeness (QED) is 0.690. The molecule has 0 fully saturated rings. The molecule has 1 rings (SSSR count). The molecule has 0 radical (unpaired) electrons. The third-order valence-corrected chi connectivity index (χ3v) is 3.38. The number of ether oxygens (including phenoxy) is 1. The van der Waals surface area contributed by atoms with E-state index in [1.807, 2.05) is 0 Å². The van der Waals surface area contributed by atoms with Gasteiger partial charge in [-0.1, -0.05) is 26.8 Å². The van der Waals surface area contributed by atoms with Crippen molar-refractivity contribution in [2.24, 2.45) is 5.41 Å². The Morgan fingerprint density at radius 3 is 2.40 bits per heavy atom. The molecule has 1 aromatic rings. The number of carbonyl (C=O) groups is 3. The van der Waals surface area contributed by atoms with Crippen molar-refractivity contribution in [1.82, 2.24) is 10.6 Å². The first-order valence-corrected chi connectivity index (χ1v) is 7.70. The van der Waals surface area contributed by atoms with Crippen LogP contribution in [0, 0.1) is 11.2 Å². The van der Waals surface area contributed by atoms with Gasteiger partial charge in [-0.2, -0.15) is 0 Å². The topological polar surface area (TPSA) is 105 Å². The maximum Gasteiger partial charge on any atom is 0.330 e. The molecule has 2 amide bonds. The number of nitrogens with one attached hydrogen (secondary N) is 2. The van der Waals surface area contributed by atoms with E-state index in [4.69, 9.17) is 4.74 Å². The lowest BCUT2D eigenvalue weighted by atomic mass is 9.96. The maximum atomic E-state index is 13.7. The van der Waals surface area contributed by atoms with E-state index in [0.717, 1.165) is 6.07 Å². The van der Waals surface area contributed by atoms with Gasteiger partial charge in [0.05, 0.1) is 7.11 Å². The Hall–Kier alpha value is -2.64. The van der Waals surface area contributed by atoms with Gasteiger partial charge >= 0.3 is 5.97 Å². The molecule has 1 unspecified atom stereocenters. The number of amides is 2. The second-order valence-corrected chi connectivity index (χ2v) is 6.49. The van der Waals surface area contributed by atoms with Gasteiger partial charge in [0.1, 0.15) is 0 Å². The van der Waals surface area contributed by atoms with E-state index in [1.165, 1.54) is 19.2 Å². The van der Waals surface area contributed by atoms with Crippen molar-refractivity contribution in [3.05, 3.63) is 29.6 Å². The zero-order valence-corrected chi connectivity index (χ0v) is 14.7. The van der Waals surface area contributed by atoms with Crippen molar-refractivity contribution in [2.45, 2.75) is 33.2 Å². The van der Waals surface area contributed by atoms with Crippen molar-refractivity contribution in [1.29, 1.82) is 0 Å². The van der Waals surface area contributed by atoms with Crippen LogP contribution in [0.1, 0.15) is 38.8 Å². The van der Waals surface area contributed by atoms with Crippen LogP contribution in [-0.2, 0) is 14.4 Å². The van der Waals surface area contributed by atoms with Gasteiger partial charge in [0.15, 0.2) is 17.6 Å². The number of methoxy groups -OCH3 is 1. The Labute approximate surface area is 145 Å². The van der Waals surface area contributed by atoms with Crippen molar-refractivity contribution in [2.75, 3.05) is 13.7 Å². The average Bonchev–Trinajstić information content (AvgIpc) is 2.51. The Bertz CT molecular complexity index is 655. The molecule has 0 heterocycles. The second-order valence-electron chi connectivity index (χ2n) is 6.49. The first-order chi connectivity index (χ1) is 11.6. The van der Waals surface area contributed by atoms with E-state index in [1.54, 1.807) is 20.8 Å². The summed E-state index contributed by atoms with van der Waals surface area (Å²) in [5, 5.41) is 14.2. The molecule has 0 aromatic heterocycles. The lowest BCUT2D eigenvalue weighted by Crippen LogP contribution is -2.39. The van der Waals surface area contributed by atoms with Gasteiger partial charge in [-0.25, -0.2) is 9.18 Å². The van der Waals surface area contributed by atoms with Crippen molar-refractivity contribution in [3.8, 4) is 5.75 Å². The smallest absolute Gasteiger partial charge is 0.330 e. The first kappa shape index (κ1) is 20.4. The van der Waals surface area contributed by atoms with Crippen LogP contribution in [0.15, 0.2) is 18.2 Å². The van der Waals surface area contributed by atoms with Gasteiger partial charge < -0.3 is 20.5 Å². The van der Waals surface area contributed by atoms with Crippen LogP contribution in [-0.4, -0.2) is 36.5 Å². The minimum atomic E-state index is -1.40. The zero-order valence-electron chi connectivity index (χ0n) is 14.7. The van der Waals surface area contributed by atoms with Crippen LogP contribution in [0.4, 0.5) is 4.39 Å². The Balaban J connectivity index is 2.69. The van der Waals surface area contributed by atoms with Crippen molar-refractivity contribution in [3.63, 3.8) is 0 Å². The summed E-state index contributed by atoms with van der Waals surface area (Å²) in [4.78, 5) is 35.0. The molecule has 0 aliphatic carbocycles. The van der Waals surface area contributed by atoms with Gasteiger partial charge in [0.25, 0.3) is 0 Å². The molecule has 3 N–H and O–H groups in total. The number of rotatable bonds is 7. The minimum absolute atomic E-state index is 0.0240. The molecule has 138 valence electrons. The first-order valence-electron chi connectivity index (χ1n) is 7.70. The fraction of sp³-hybridized carbons (Fsp3) is 0.471. The van der Waals surface area contributed by atoms with Gasteiger partial charge in [-0.15, -0.1) is 0 Å². The highest BCUT2D eigenvalue weighted by molar-refractivity contribution is 5.85. The predicted octanol–water partition coefficient (Wildman–Crippen LogP) is 1.63. The Kier molecular flexibility index (Phi) is 6.90. The fourth-order valence-corrected chi connectivity index (χ4v) is 1.94. The van der Waals surface area contributed by atoms with Crippen molar-refractivity contribution >= 4 is 17.8 Å². The molecule has 1 atom stereocenters. The van der Waals surface area contributed by atoms with E-state index in [-0.39, 0.29) is 30.2 Å². The highest BCUT2D eigenvalue weighted by atomic mass is 19.1. The van der Waals surface area contributed by atoms with Gasteiger partial charge in [-0.05, 0) is 17.7 Å². The highest BCUT2D eigenvalue weighted by Gasteiger charge is 2.24. The summed E-state index contributed by atoms with van der Waals surface area (Å²) in [5.41, 5.74) is -0.501. The summed E-state index contributed by atoms with van der Waals surface area (Å²) < 4.78 is 18.5. The molecule has 0 saturated heterocycles. The number of benzene rings is 1. The molecule has 0 bridgehead atoms. The predicted molar refractivity (Wildman–Crippen MR) is 88.6 cm³/mol. The van der Waals surface area contributed by atoms with Crippen LogP contribution < -0.4 is 15.4 Å². The highest BCUT2D eigenvalue weighted by Crippen LogP contribution is 2.22. The van der Waals surface area contributed by atoms with Crippen LogP contribution in [0.2, 0.25) is 0 Å². The van der Waals surface area contributed by atoms with Gasteiger partial charge in [0, 0.05) is 18.4 Å². The monoisotopic (exact) mass is 354 g/mol. The molecule has 8 heteroatoms. The number of hydrogen-bond donors (Lipinski definition) is 3. The number of carboxylic acid groups (broad SMARTS) is 1. The zero-order chi connectivity index (χ0) is 19.2. The van der Waals surface area contributed by atoms with Crippen LogP contribution in [0.3, 0.4) is 0 Å². The summed E-state index contributed by atoms with van der Waals surface area (Å²) in [6.07, 6.45) is -0.0930. The van der Waals surface area contributed by atoms with Gasteiger partial charge in [-0.3, -0.25) is 9.59 Å². The summed E-state index contributed by atoms with van der Waals surface area (Å²) in [6, 6.07) is 2.25. The molecule has 1 aromatic carbocycles. The molecule has 0 spiro atoms. The normalized spacial score (nSPS) is 12.2. The SMILES string of the molecule is COc1ccc(C(NC(=O)CCNC(=O)C(C)(C)C)C(=O)O)cc1F. The minimum Gasteiger partial charge on any atom is -0.494 e. The maximum absolute atomic E-state index is 13.7. The summed E-state index contributed by atoms with van der Waals surface area (Å²) in [6.45, 7) is 5.29. The number of aliphatic carboxylic acids is 1. The molecular weight excluding hydrogens is 331 g/mol. The number of carbonyl (C=O) groups excluding carboxylic acids is 2. The van der Waals surface area contributed by atoms with Crippen molar-refractivity contribution < 1.29 is 28.6 Å². The summed E-state index contributed by atoms with van der Waals surface area (Å²) >= 11 is 0. The molecular formula is C17H23FN2O5. The largest absolute Gasteiger partial charge is 0.494 e. The van der Waals surface area contributed by atoms with E-state index in [0.29, 0.717) is 0 Å². The summed E-state index contributed by atoms with van der Waals surface area (Å²) in [5.74, 6) is -2.86. The molecule has 0 saturated carbocycles. The molecule has 25 heavy (non-hydrogen) atoms. The third-order valence-electron chi connectivity index (χ3n) is 3.38. The molecule has 0 aliphatic rings. The lowest BCUT2D eigenvalue weighted by molar-refractivity contribution is -0.142. The number of carboxylic acids is 1. The third kappa shape index (κ3) is 6.06. The Morgan fingerprint density at radius 1 is 1.28 bits per heavy atom. The molecule has 7 nitrogen and oxygen atoms in total. The van der Waals surface area contributed by atoms with E-state index >= 15 is 0 Å². The van der Waals surface area contributed by atoms with E-state index in [2.05, 4.69) is 10.6 Å². The standard InChI is InChI=1S/C17H23FN2O5/c1-17(2,3)16(24)19-8-7-13(21)20-14(15(22)23)10-5-6-12(25-4)11(18)9-10/h5-6,9,14H,7-8H2,1-4H3,(H,19,24)(H,20,21)(H,22,23). The van der Waals surface area contributed by atoms with Crippen LogP contribution in [0.5, 0.6) is 5.75 Å². The second kappa shape index (κ2) is 8.46. The molecule has 0 aliphatic heterocycles.